The minimum absolute atomic E-state index is 0.0493. The Balaban J connectivity index is 1.97. The van der Waals surface area contributed by atoms with Gasteiger partial charge in [-0.3, -0.25) is 0 Å². The molecule has 4 N–H and O–H groups in total. The van der Waals surface area contributed by atoms with Gasteiger partial charge in [0.05, 0.1) is 12.3 Å². The number of guanidine groups is 1. The number of benzene rings is 1. The fourth-order valence-electron chi connectivity index (χ4n) is 2.63. The third kappa shape index (κ3) is 6.13. The number of nitrogens with two attached hydrogens (primary N) is 1. The van der Waals surface area contributed by atoms with Crippen LogP contribution in [-0.2, 0) is 22.3 Å². The van der Waals surface area contributed by atoms with E-state index < -0.39 is 10.0 Å². The first-order valence-corrected chi connectivity index (χ1v) is 10.1. The first-order chi connectivity index (χ1) is 11.4. The third-order valence-electron chi connectivity index (χ3n) is 4.10. The molecule has 2 rings (SSSR count). The molecule has 1 aliphatic carbocycles. The van der Waals surface area contributed by atoms with E-state index in [1.54, 1.807) is 0 Å². The molecule has 24 heavy (non-hydrogen) atoms. The highest BCUT2D eigenvalue weighted by atomic mass is 32.2. The van der Waals surface area contributed by atoms with Gasteiger partial charge < -0.3 is 11.1 Å². The molecule has 0 heterocycles. The topological polar surface area (TPSA) is 96.6 Å². The van der Waals surface area contributed by atoms with Crippen molar-refractivity contribution in [3.63, 3.8) is 0 Å². The average Bonchev–Trinajstić information content (AvgIpc) is 2.42. The third-order valence-corrected chi connectivity index (χ3v) is 5.62. The van der Waals surface area contributed by atoms with Crippen molar-refractivity contribution in [3.05, 3.63) is 35.4 Å². The van der Waals surface area contributed by atoms with E-state index in [0.29, 0.717) is 18.4 Å². The molecule has 1 aromatic carbocycles. The lowest BCUT2D eigenvalue weighted by atomic mass is 9.85. The minimum Gasteiger partial charge on any atom is -0.370 e. The van der Waals surface area contributed by atoms with E-state index in [-0.39, 0.29) is 11.8 Å². The Hall–Kier alpha value is -1.60. The Morgan fingerprint density at radius 2 is 1.96 bits per heavy atom. The molecular weight excluding hydrogens is 324 g/mol. The molecule has 0 saturated heterocycles. The van der Waals surface area contributed by atoms with Gasteiger partial charge in [0, 0.05) is 12.6 Å². The summed E-state index contributed by atoms with van der Waals surface area (Å²) >= 11 is 0. The molecule has 1 fully saturated rings. The molecule has 0 radical (unpaired) electrons. The molecule has 134 valence electrons. The molecule has 1 saturated carbocycles. The van der Waals surface area contributed by atoms with Gasteiger partial charge in [0.15, 0.2) is 5.96 Å². The van der Waals surface area contributed by atoms with Crippen molar-refractivity contribution in [2.75, 3.05) is 6.54 Å². The standard InChI is InChI=1S/C17H28N4O2S/c1-13(2)21-24(22,23)12-16-9-4-3-8-15(16)11-20-17(18)19-10-14-6-5-7-14/h3-4,8-9,13-14,21H,5-7,10-12H2,1-2H3,(H3,18,19,20). The van der Waals surface area contributed by atoms with Gasteiger partial charge in [-0.1, -0.05) is 30.7 Å². The fourth-order valence-corrected chi connectivity index (χ4v) is 4.12. The highest BCUT2D eigenvalue weighted by Gasteiger charge is 2.17. The van der Waals surface area contributed by atoms with Gasteiger partial charge in [0.1, 0.15) is 0 Å². The average molecular weight is 353 g/mol. The molecule has 0 aliphatic heterocycles. The monoisotopic (exact) mass is 352 g/mol. The number of nitrogens with zero attached hydrogens (tertiary/aromatic N) is 1. The summed E-state index contributed by atoms with van der Waals surface area (Å²) in [6.45, 7) is 4.85. The molecule has 0 atom stereocenters. The smallest absolute Gasteiger partial charge is 0.216 e. The summed E-state index contributed by atoms with van der Waals surface area (Å²) in [5.74, 6) is 1.07. The summed E-state index contributed by atoms with van der Waals surface area (Å²) in [6.07, 6.45) is 3.81. The SMILES string of the molecule is CC(C)NS(=O)(=O)Cc1ccccc1CN=C(N)NCC1CCC1. The van der Waals surface area contributed by atoms with Crippen molar-refractivity contribution in [1.82, 2.24) is 10.0 Å². The zero-order valence-electron chi connectivity index (χ0n) is 14.5. The second-order valence-corrected chi connectivity index (χ2v) is 8.43. The second kappa shape index (κ2) is 8.48. The number of rotatable bonds is 8. The highest BCUT2D eigenvalue weighted by molar-refractivity contribution is 7.88. The predicted molar refractivity (Wildman–Crippen MR) is 98.0 cm³/mol. The van der Waals surface area contributed by atoms with Crippen LogP contribution in [0.2, 0.25) is 0 Å². The summed E-state index contributed by atoms with van der Waals surface area (Å²) < 4.78 is 26.9. The first-order valence-electron chi connectivity index (χ1n) is 8.46. The van der Waals surface area contributed by atoms with Crippen LogP contribution >= 0.6 is 0 Å². The van der Waals surface area contributed by atoms with Crippen LogP contribution in [0.15, 0.2) is 29.3 Å². The molecule has 1 aliphatic rings. The van der Waals surface area contributed by atoms with Crippen LogP contribution in [0.25, 0.3) is 0 Å². The second-order valence-electron chi connectivity index (χ2n) is 6.68. The van der Waals surface area contributed by atoms with Gasteiger partial charge in [-0.15, -0.1) is 0 Å². The van der Waals surface area contributed by atoms with E-state index in [9.17, 15) is 8.42 Å². The van der Waals surface area contributed by atoms with Crippen LogP contribution in [0.5, 0.6) is 0 Å². The van der Waals surface area contributed by atoms with E-state index in [2.05, 4.69) is 15.0 Å². The molecule has 6 nitrogen and oxygen atoms in total. The van der Waals surface area contributed by atoms with Crippen molar-refractivity contribution in [2.45, 2.75) is 51.4 Å². The number of nitrogens with one attached hydrogen (secondary N) is 2. The lowest BCUT2D eigenvalue weighted by Crippen LogP contribution is -2.37. The quantitative estimate of drug-likeness (QED) is 0.490. The molecule has 0 amide bonds. The molecule has 0 spiro atoms. The summed E-state index contributed by atoms with van der Waals surface area (Å²) in [6, 6.07) is 7.32. The Labute approximate surface area is 145 Å². The van der Waals surface area contributed by atoms with E-state index >= 15 is 0 Å². The fraction of sp³-hybridized carbons (Fsp3) is 0.588. The lowest BCUT2D eigenvalue weighted by Gasteiger charge is -2.25. The number of hydrogen-bond acceptors (Lipinski definition) is 3. The van der Waals surface area contributed by atoms with Crippen LogP contribution in [0, 0.1) is 5.92 Å². The lowest BCUT2D eigenvalue weighted by molar-refractivity contribution is 0.315. The predicted octanol–water partition coefficient (Wildman–Crippen LogP) is 1.72. The van der Waals surface area contributed by atoms with Crippen molar-refractivity contribution < 1.29 is 8.42 Å². The van der Waals surface area contributed by atoms with Crippen LogP contribution < -0.4 is 15.8 Å². The Bertz CT molecular complexity index is 667. The maximum Gasteiger partial charge on any atom is 0.216 e. The number of sulfonamides is 1. The van der Waals surface area contributed by atoms with Crippen LogP contribution in [0.4, 0.5) is 0 Å². The normalized spacial score (nSPS) is 16.2. The van der Waals surface area contributed by atoms with Crippen LogP contribution in [0.1, 0.15) is 44.2 Å². The van der Waals surface area contributed by atoms with Gasteiger partial charge in [0.25, 0.3) is 0 Å². The van der Waals surface area contributed by atoms with Gasteiger partial charge >= 0.3 is 0 Å². The maximum absolute atomic E-state index is 12.1. The van der Waals surface area contributed by atoms with Gasteiger partial charge in [-0.25, -0.2) is 18.1 Å². The van der Waals surface area contributed by atoms with Crippen molar-refractivity contribution in [2.24, 2.45) is 16.6 Å². The Morgan fingerprint density at radius 3 is 2.54 bits per heavy atom. The summed E-state index contributed by atoms with van der Waals surface area (Å²) in [5.41, 5.74) is 7.53. The molecule has 1 aromatic rings. The zero-order valence-corrected chi connectivity index (χ0v) is 15.3. The molecule has 0 unspecified atom stereocenters. The minimum atomic E-state index is -3.36. The van der Waals surface area contributed by atoms with E-state index in [4.69, 9.17) is 5.73 Å². The van der Waals surface area contributed by atoms with Crippen LogP contribution in [0.3, 0.4) is 0 Å². The van der Waals surface area contributed by atoms with Crippen molar-refractivity contribution in [1.29, 1.82) is 0 Å². The maximum atomic E-state index is 12.1. The molecule has 0 aromatic heterocycles. The summed E-state index contributed by atoms with van der Waals surface area (Å²) in [4.78, 5) is 4.34. The van der Waals surface area contributed by atoms with E-state index in [1.165, 1.54) is 19.3 Å². The van der Waals surface area contributed by atoms with E-state index in [0.717, 1.165) is 17.7 Å². The van der Waals surface area contributed by atoms with Gasteiger partial charge in [0.2, 0.25) is 10.0 Å². The Kier molecular flexibility index (Phi) is 6.62. The Morgan fingerprint density at radius 1 is 1.29 bits per heavy atom. The number of hydrogen-bond donors (Lipinski definition) is 3. The zero-order chi connectivity index (χ0) is 17.6. The molecule has 0 bridgehead atoms. The van der Waals surface area contributed by atoms with E-state index in [1.807, 2.05) is 38.1 Å². The summed E-state index contributed by atoms with van der Waals surface area (Å²) in [7, 11) is -3.36. The number of aliphatic imine (C=N–C) groups is 1. The largest absolute Gasteiger partial charge is 0.370 e. The summed E-state index contributed by atoms with van der Waals surface area (Å²) in [5, 5.41) is 3.15. The van der Waals surface area contributed by atoms with Crippen molar-refractivity contribution in [3.8, 4) is 0 Å². The van der Waals surface area contributed by atoms with Crippen LogP contribution in [-0.4, -0.2) is 27.0 Å². The van der Waals surface area contributed by atoms with Gasteiger partial charge in [-0.05, 0) is 43.7 Å². The van der Waals surface area contributed by atoms with Crippen molar-refractivity contribution >= 4 is 16.0 Å². The highest BCUT2D eigenvalue weighted by Crippen LogP contribution is 2.25. The van der Waals surface area contributed by atoms with Gasteiger partial charge in [-0.2, -0.15) is 0 Å². The first kappa shape index (κ1) is 18.7. The molecule has 7 heteroatoms. The molecular formula is C17H28N4O2S.